The van der Waals surface area contributed by atoms with Crippen LogP contribution in [0.2, 0.25) is 0 Å². The van der Waals surface area contributed by atoms with E-state index >= 15 is 0 Å². The molecule has 3 rings (SSSR count). The third-order valence-corrected chi connectivity index (χ3v) is 4.00. The van der Waals surface area contributed by atoms with Crippen molar-refractivity contribution in [1.82, 2.24) is 24.7 Å². The molecule has 1 aliphatic heterocycles. The standard InChI is InChI=1S/C11H15N7S/c1-8-7-17(5-6-19-8)10-14-9(12)15-11(16-10)18-4-2-3-13-18/h2-4,8H,5-7H2,1H3,(H2,12,14,15,16). The van der Waals surface area contributed by atoms with Gasteiger partial charge in [-0.15, -0.1) is 0 Å². The zero-order valence-electron chi connectivity index (χ0n) is 10.6. The lowest BCUT2D eigenvalue weighted by Gasteiger charge is -2.30. The summed E-state index contributed by atoms with van der Waals surface area (Å²) in [6, 6.07) is 1.82. The van der Waals surface area contributed by atoms with Crippen molar-refractivity contribution in [3.63, 3.8) is 0 Å². The fourth-order valence-electron chi connectivity index (χ4n) is 2.00. The van der Waals surface area contributed by atoms with E-state index < -0.39 is 0 Å². The van der Waals surface area contributed by atoms with Crippen LogP contribution in [0.25, 0.3) is 5.95 Å². The largest absolute Gasteiger partial charge is 0.368 e. The van der Waals surface area contributed by atoms with Gasteiger partial charge in [0, 0.05) is 36.5 Å². The van der Waals surface area contributed by atoms with Crippen molar-refractivity contribution in [1.29, 1.82) is 0 Å². The molecule has 1 fully saturated rings. The van der Waals surface area contributed by atoms with Gasteiger partial charge in [0.25, 0.3) is 5.95 Å². The van der Waals surface area contributed by atoms with E-state index in [2.05, 4.69) is 31.9 Å². The second-order valence-electron chi connectivity index (χ2n) is 4.37. The minimum absolute atomic E-state index is 0.223. The van der Waals surface area contributed by atoms with Crippen LogP contribution in [-0.4, -0.2) is 48.8 Å². The Balaban J connectivity index is 1.93. The molecular weight excluding hydrogens is 262 g/mol. The first-order chi connectivity index (χ1) is 9.22. The molecule has 1 unspecified atom stereocenters. The van der Waals surface area contributed by atoms with Gasteiger partial charge in [0.05, 0.1) is 0 Å². The molecule has 0 saturated carbocycles. The molecule has 0 aliphatic carbocycles. The van der Waals surface area contributed by atoms with Gasteiger partial charge in [0.2, 0.25) is 11.9 Å². The van der Waals surface area contributed by atoms with Gasteiger partial charge in [-0.2, -0.15) is 31.8 Å². The summed E-state index contributed by atoms with van der Waals surface area (Å²) in [4.78, 5) is 14.9. The van der Waals surface area contributed by atoms with Crippen molar-refractivity contribution in [2.24, 2.45) is 0 Å². The van der Waals surface area contributed by atoms with E-state index in [0.717, 1.165) is 18.8 Å². The maximum atomic E-state index is 5.77. The number of nitrogens with zero attached hydrogens (tertiary/aromatic N) is 6. The van der Waals surface area contributed by atoms with Gasteiger partial charge < -0.3 is 10.6 Å². The van der Waals surface area contributed by atoms with E-state index in [1.54, 1.807) is 17.1 Å². The van der Waals surface area contributed by atoms with Crippen LogP contribution in [-0.2, 0) is 0 Å². The molecule has 0 radical (unpaired) electrons. The molecule has 100 valence electrons. The number of anilines is 2. The molecule has 2 aromatic rings. The quantitative estimate of drug-likeness (QED) is 0.859. The molecule has 1 saturated heterocycles. The van der Waals surface area contributed by atoms with Crippen LogP contribution in [0.4, 0.5) is 11.9 Å². The second kappa shape index (κ2) is 5.04. The predicted molar refractivity (Wildman–Crippen MR) is 75.5 cm³/mol. The molecule has 3 heterocycles. The highest BCUT2D eigenvalue weighted by atomic mass is 32.2. The van der Waals surface area contributed by atoms with Crippen LogP contribution >= 0.6 is 11.8 Å². The van der Waals surface area contributed by atoms with Gasteiger partial charge in [-0.1, -0.05) is 6.92 Å². The monoisotopic (exact) mass is 277 g/mol. The van der Waals surface area contributed by atoms with E-state index in [1.807, 2.05) is 17.8 Å². The first kappa shape index (κ1) is 12.2. The molecule has 7 nitrogen and oxygen atoms in total. The van der Waals surface area contributed by atoms with Gasteiger partial charge in [-0.05, 0) is 6.07 Å². The molecule has 0 spiro atoms. The zero-order chi connectivity index (χ0) is 13.2. The highest BCUT2D eigenvalue weighted by molar-refractivity contribution is 8.00. The normalized spacial score (nSPS) is 19.6. The van der Waals surface area contributed by atoms with Crippen molar-refractivity contribution < 1.29 is 0 Å². The number of nitrogen functional groups attached to an aromatic ring is 1. The predicted octanol–water partition coefficient (Wildman–Crippen LogP) is 0.581. The Morgan fingerprint density at radius 1 is 1.32 bits per heavy atom. The lowest BCUT2D eigenvalue weighted by atomic mass is 10.4. The van der Waals surface area contributed by atoms with Gasteiger partial charge in [-0.25, -0.2) is 4.68 Å². The van der Waals surface area contributed by atoms with Gasteiger partial charge >= 0.3 is 0 Å². The second-order valence-corrected chi connectivity index (χ2v) is 5.92. The molecular formula is C11H15N7S. The molecule has 2 aromatic heterocycles. The number of hydrogen-bond acceptors (Lipinski definition) is 7. The van der Waals surface area contributed by atoms with Crippen LogP contribution in [0, 0.1) is 0 Å². The molecule has 19 heavy (non-hydrogen) atoms. The minimum atomic E-state index is 0.223. The van der Waals surface area contributed by atoms with Crippen molar-refractivity contribution in [3.05, 3.63) is 18.5 Å². The first-order valence-corrected chi connectivity index (χ1v) is 7.15. The molecule has 1 aliphatic rings. The Kier molecular flexibility index (Phi) is 3.24. The maximum Gasteiger partial charge on any atom is 0.257 e. The smallest absolute Gasteiger partial charge is 0.257 e. The SMILES string of the molecule is CC1CN(c2nc(N)nc(-n3cccn3)n2)CCS1. The number of rotatable bonds is 2. The molecule has 8 heteroatoms. The Morgan fingerprint density at radius 3 is 2.89 bits per heavy atom. The summed E-state index contributed by atoms with van der Waals surface area (Å²) < 4.78 is 1.59. The topological polar surface area (TPSA) is 85.8 Å². The van der Waals surface area contributed by atoms with Crippen LogP contribution in [0.3, 0.4) is 0 Å². The van der Waals surface area contributed by atoms with E-state index in [-0.39, 0.29) is 5.95 Å². The van der Waals surface area contributed by atoms with Crippen LogP contribution in [0.1, 0.15) is 6.92 Å². The van der Waals surface area contributed by atoms with Crippen LogP contribution < -0.4 is 10.6 Å². The Bertz CT molecular complexity index is 556. The summed E-state index contributed by atoms with van der Waals surface area (Å²) in [5.74, 6) is 2.38. The summed E-state index contributed by atoms with van der Waals surface area (Å²) in [6.07, 6.45) is 3.46. The molecule has 0 aromatic carbocycles. The van der Waals surface area contributed by atoms with E-state index in [4.69, 9.17) is 5.73 Å². The number of nitrogens with two attached hydrogens (primary N) is 1. The van der Waals surface area contributed by atoms with Crippen molar-refractivity contribution in [3.8, 4) is 5.95 Å². The average Bonchev–Trinajstić information content (AvgIpc) is 2.92. The van der Waals surface area contributed by atoms with Crippen molar-refractivity contribution >= 4 is 23.7 Å². The fraction of sp³-hybridized carbons (Fsp3) is 0.455. The highest BCUT2D eigenvalue weighted by Gasteiger charge is 2.20. The lowest BCUT2D eigenvalue weighted by molar-refractivity contribution is 0.732. The summed E-state index contributed by atoms with van der Waals surface area (Å²) >= 11 is 1.96. The third kappa shape index (κ3) is 2.62. The summed E-state index contributed by atoms with van der Waals surface area (Å²) in [7, 11) is 0. The Morgan fingerprint density at radius 2 is 2.16 bits per heavy atom. The molecule has 0 amide bonds. The summed E-state index contributed by atoms with van der Waals surface area (Å²) in [5.41, 5.74) is 5.77. The van der Waals surface area contributed by atoms with E-state index in [9.17, 15) is 0 Å². The average molecular weight is 277 g/mol. The summed E-state index contributed by atoms with van der Waals surface area (Å²) in [6.45, 7) is 4.06. The van der Waals surface area contributed by atoms with E-state index in [1.165, 1.54) is 0 Å². The highest BCUT2D eigenvalue weighted by Crippen LogP contribution is 2.21. The van der Waals surface area contributed by atoms with Crippen molar-refractivity contribution in [2.75, 3.05) is 29.5 Å². The number of hydrogen-bond donors (Lipinski definition) is 1. The van der Waals surface area contributed by atoms with Gasteiger partial charge in [0.1, 0.15) is 0 Å². The Labute approximate surface area is 115 Å². The van der Waals surface area contributed by atoms with Crippen LogP contribution in [0.15, 0.2) is 18.5 Å². The first-order valence-electron chi connectivity index (χ1n) is 6.10. The third-order valence-electron chi connectivity index (χ3n) is 2.86. The zero-order valence-corrected chi connectivity index (χ0v) is 11.4. The Hall–Kier alpha value is -1.83. The van der Waals surface area contributed by atoms with E-state index in [0.29, 0.717) is 17.1 Å². The fourth-order valence-corrected chi connectivity index (χ4v) is 3.01. The maximum absolute atomic E-state index is 5.77. The minimum Gasteiger partial charge on any atom is -0.368 e. The number of thioether (sulfide) groups is 1. The van der Waals surface area contributed by atoms with Crippen molar-refractivity contribution in [2.45, 2.75) is 12.2 Å². The molecule has 2 N–H and O–H groups in total. The van der Waals surface area contributed by atoms with Gasteiger partial charge in [-0.3, -0.25) is 0 Å². The van der Waals surface area contributed by atoms with Gasteiger partial charge in [0.15, 0.2) is 0 Å². The summed E-state index contributed by atoms with van der Waals surface area (Å²) in [5, 5.41) is 4.68. The van der Waals surface area contributed by atoms with Crippen LogP contribution in [0.5, 0.6) is 0 Å². The molecule has 0 bridgehead atoms. The number of aromatic nitrogens is 5. The molecule has 1 atom stereocenters. The lowest BCUT2D eigenvalue weighted by Crippen LogP contribution is -2.38.